The summed E-state index contributed by atoms with van der Waals surface area (Å²) in [5.74, 6) is 0.773. The Morgan fingerprint density at radius 3 is 2.42 bits per heavy atom. The van der Waals surface area contributed by atoms with Gasteiger partial charge in [0.1, 0.15) is 11.9 Å². The zero-order valence-electron chi connectivity index (χ0n) is 10.0. The first kappa shape index (κ1) is 12.8. The van der Waals surface area contributed by atoms with Gasteiger partial charge in [0, 0.05) is 16.5 Å². The Morgan fingerprint density at radius 2 is 1.68 bits per heavy atom. The second kappa shape index (κ2) is 5.04. The fraction of sp³-hybridized carbons (Fsp3) is 0.200. The molecule has 0 aliphatic carbocycles. The summed E-state index contributed by atoms with van der Waals surface area (Å²) in [7, 11) is 0. The van der Waals surface area contributed by atoms with Crippen LogP contribution in [0.15, 0.2) is 42.5 Å². The van der Waals surface area contributed by atoms with Crippen molar-refractivity contribution in [1.29, 1.82) is 0 Å². The number of aliphatic hydroxyl groups is 1. The molecule has 1 N–H and O–H groups in total. The van der Waals surface area contributed by atoms with Crippen molar-refractivity contribution in [2.24, 2.45) is 0 Å². The average molecular weight is 295 g/mol. The summed E-state index contributed by atoms with van der Waals surface area (Å²) in [5, 5.41) is 11.5. The molecule has 4 heteroatoms. The van der Waals surface area contributed by atoms with E-state index < -0.39 is 6.10 Å². The van der Waals surface area contributed by atoms with Crippen LogP contribution in [-0.2, 0) is 6.42 Å². The number of halogens is 2. The maximum absolute atomic E-state index is 10.2. The van der Waals surface area contributed by atoms with E-state index >= 15 is 0 Å². The smallest absolute Gasteiger partial charge is 0.150 e. The van der Waals surface area contributed by atoms with Crippen molar-refractivity contribution in [2.75, 3.05) is 0 Å². The van der Waals surface area contributed by atoms with Crippen molar-refractivity contribution in [3.63, 3.8) is 0 Å². The minimum absolute atomic E-state index is 0.369. The summed E-state index contributed by atoms with van der Waals surface area (Å²) < 4.78 is 5.87. The van der Waals surface area contributed by atoms with E-state index in [1.165, 1.54) is 0 Å². The Bertz CT molecular complexity index is 596. The zero-order chi connectivity index (χ0) is 13.4. The van der Waals surface area contributed by atoms with Crippen LogP contribution in [-0.4, -0.2) is 11.2 Å². The summed E-state index contributed by atoms with van der Waals surface area (Å²) in [5.41, 5.74) is 1.85. The van der Waals surface area contributed by atoms with Gasteiger partial charge in [0.2, 0.25) is 0 Å². The number of aliphatic hydroxyl groups excluding tert-OH is 1. The molecule has 0 saturated heterocycles. The van der Waals surface area contributed by atoms with E-state index in [9.17, 15) is 5.11 Å². The second-order valence-electron chi connectivity index (χ2n) is 4.61. The number of rotatable bonds is 1. The highest BCUT2D eigenvalue weighted by Gasteiger charge is 2.29. The first-order valence-electron chi connectivity index (χ1n) is 6.02. The normalized spacial score (nSPS) is 21.6. The van der Waals surface area contributed by atoms with Crippen LogP contribution in [0.3, 0.4) is 0 Å². The minimum atomic E-state index is -0.591. The van der Waals surface area contributed by atoms with Crippen molar-refractivity contribution < 1.29 is 9.84 Å². The van der Waals surface area contributed by atoms with Gasteiger partial charge in [0.15, 0.2) is 0 Å². The van der Waals surface area contributed by atoms with Crippen LogP contribution in [0.1, 0.15) is 17.2 Å². The summed E-state index contributed by atoms with van der Waals surface area (Å²) in [6.07, 6.45) is -0.429. The molecule has 0 fully saturated rings. The van der Waals surface area contributed by atoms with Crippen LogP contribution in [0.4, 0.5) is 0 Å². The Hall–Kier alpha value is -1.22. The topological polar surface area (TPSA) is 29.5 Å². The zero-order valence-corrected chi connectivity index (χ0v) is 11.5. The van der Waals surface area contributed by atoms with Crippen LogP contribution in [0.25, 0.3) is 0 Å². The van der Waals surface area contributed by atoms with Crippen LogP contribution >= 0.6 is 23.2 Å². The number of benzene rings is 2. The molecule has 2 aromatic carbocycles. The van der Waals surface area contributed by atoms with Gasteiger partial charge in [0.05, 0.1) is 6.10 Å². The second-order valence-corrected chi connectivity index (χ2v) is 5.49. The molecule has 98 valence electrons. The third-order valence-electron chi connectivity index (χ3n) is 3.25. The molecule has 3 rings (SSSR count). The predicted octanol–water partition coefficient (Wildman–Crippen LogP) is 4.03. The van der Waals surface area contributed by atoms with Crippen LogP contribution in [0, 0.1) is 0 Å². The standard InChI is InChI=1S/C15H12Cl2O2/c16-11-3-1-9(2-4-11)15-13(18)8-10-7-12(17)5-6-14(10)19-15/h1-7,13,15,18H,8H2/t13-,15+/m0/s1. The molecule has 0 unspecified atom stereocenters. The van der Waals surface area contributed by atoms with Crippen LogP contribution in [0.5, 0.6) is 5.75 Å². The van der Waals surface area contributed by atoms with Gasteiger partial charge in [-0.2, -0.15) is 0 Å². The van der Waals surface area contributed by atoms with E-state index in [-0.39, 0.29) is 6.10 Å². The predicted molar refractivity (Wildman–Crippen MR) is 76.0 cm³/mol. The molecule has 19 heavy (non-hydrogen) atoms. The van der Waals surface area contributed by atoms with E-state index in [0.717, 1.165) is 16.9 Å². The Kier molecular flexibility index (Phi) is 3.40. The van der Waals surface area contributed by atoms with Crippen LogP contribution in [0.2, 0.25) is 10.0 Å². The number of hydrogen-bond acceptors (Lipinski definition) is 2. The lowest BCUT2D eigenvalue weighted by Gasteiger charge is -2.31. The summed E-state index contributed by atoms with van der Waals surface area (Å²) in [4.78, 5) is 0. The number of ether oxygens (including phenoxy) is 1. The maximum atomic E-state index is 10.2. The lowest BCUT2D eigenvalue weighted by Crippen LogP contribution is -2.30. The van der Waals surface area contributed by atoms with Gasteiger partial charge in [0.25, 0.3) is 0 Å². The highest BCUT2D eigenvalue weighted by molar-refractivity contribution is 6.30. The monoisotopic (exact) mass is 294 g/mol. The van der Waals surface area contributed by atoms with Gasteiger partial charge >= 0.3 is 0 Å². The van der Waals surface area contributed by atoms with Gasteiger partial charge in [-0.05, 0) is 41.5 Å². The molecule has 2 aromatic rings. The van der Waals surface area contributed by atoms with E-state index in [4.69, 9.17) is 27.9 Å². The van der Waals surface area contributed by atoms with Crippen molar-refractivity contribution in [2.45, 2.75) is 18.6 Å². The van der Waals surface area contributed by atoms with Crippen molar-refractivity contribution in [3.8, 4) is 5.75 Å². The molecule has 0 saturated carbocycles. The lowest BCUT2D eigenvalue weighted by molar-refractivity contribution is 0.0208. The van der Waals surface area contributed by atoms with Gasteiger partial charge in [-0.3, -0.25) is 0 Å². The van der Waals surface area contributed by atoms with Crippen molar-refractivity contribution in [1.82, 2.24) is 0 Å². The summed E-state index contributed by atoms with van der Waals surface area (Å²) >= 11 is 11.8. The van der Waals surface area contributed by atoms with Crippen molar-refractivity contribution in [3.05, 3.63) is 63.6 Å². The molecular weight excluding hydrogens is 283 g/mol. The van der Waals surface area contributed by atoms with E-state index in [1.807, 2.05) is 24.3 Å². The Balaban J connectivity index is 1.93. The molecule has 0 radical (unpaired) electrons. The lowest BCUT2D eigenvalue weighted by atomic mass is 9.95. The number of hydrogen-bond donors (Lipinski definition) is 1. The SMILES string of the molecule is O[C@H]1Cc2cc(Cl)ccc2O[C@@H]1c1ccc(Cl)cc1. The Morgan fingerprint density at radius 1 is 1.00 bits per heavy atom. The largest absolute Gasteiger partial charge is 0.483 e. The van der Waals surface area contributed by atoms with Gasteiger partial charge in [-0.1, -0.05) is 35.3 Å². The molecule has 1 heterocycles. The molecule has 2 atom stereocenters. The molecule has 0 bridgehead atoms. The fourth-order valence-electron chi connectivity index (χ4n) is 2.31. The number of fused-ring (bicyclic) bond motifs is 1. The summed E-state index contributed by atoms with van der Waals surface area (Å²) in [6.45, 7) is 0. The third kappa shape index (κ3) is 2.57. The highest BCUT2D eigenvalue weighted by atomic mass is 35.5. The highest BCUT2D eigenvalue weighted by Crippen LogP contribution is 2.36. The van der Waals surface area contributed by atoms with Gasteiger partial charge in [-0.25, -0.2) is 0 Å². The van der Waals surface area contributed by atoms with Gasteiger partial charge in [-0.15, -0.1) is 0 Å². The molecule has 2 nitrogen and oxygen atoms in total. The average Bonchev–Trinajstić information content (AvgIpc) is 2.39. The van der Waals surface area contributed by atoms with E-state index in [2.05, 4.69) is 0 Å². The molecule has 1 aliphatic rings. The minimum Gasteiger partial charge on any atom is -0.483 e. The molecule has 0 amide bonds. The summed E-state index contributed by atoms with van der Waals surface area (Å²) in [6, 6.07) is 12.8. The molecule has 0 spiro atoms. The molecule has 0 aromatic heterocycles. The maximum Gasteiger partial charge on any atom is 0.150 e. The van der Waals surface area contributed by atoms with Gasteiger partial charge < -0.3 is 9.84 Å². The third-order valence-corrected chi connectivity index (χ3v) is 3.74. The molecule has 1 aliphatic heterocycles. The van der Waals surface area contributed by atoms with E-state index in [0.29, 0.717) is 16.5 Å². The first-order valence-corrected chi connectivity index (χ1v) is 6.78. The van der Waals surface area contributed by atoms with E-state index in [1.54, 1.807) is 18.2 Å². The molecular formula is C15H12Cl2O2. The first-order chi connectivity index (χ1) is 9.13. The van der Waals surface area contributed by atoms with Crippen LogP contribution < -0.4 is 4.74 Å². The quantitative estimate of drug-likeness (QED) is 0.860. The Labute approximate surface area is 121 Å². The van der Waals surface area contributed by atoms with Crippen molar-refractivity contribution >= 4 is 23.2 Å². The fourth-order valence-corrected chi connectivity index (χ4v) is 2.63.